The van der Waals surface area contributed by atoms with E-state index in [1.807, 2.05) is 48.7 Å². The van der Waals surface area contributed by atoms with Crippen LogP contribution in [0.5, 0.6) is 0 Å². The van der Waals surface area contributed by atoms with Gasteiger partial charge in [0.15, 0.2) is 0 Å². The Labute approximate surface area is 196 Å². The quantitative estimate of drug-likeness (QED) is 0.227. The molecule has 0 amide bonds. The minimum atomic E-state index is 0.909. The average Bonchev–Trinajstić information content (AvgIpc) is 3.24. The lowest BCUT2D eigenvalue weighted by atomic mass is 10.1. The Balaban J connectivity index is 1.77. The van der Waals surface area contributed by atoms with Gasteiger partial charge in [-0.25, -0.2) is 0 Å². The summed E-state index contributed by atoms with van der Waals surface area (Å²) in [6.07, 6.45) is 1.97. The van der Waals surface area contributed by atoms with E-state index in [9.17, 15) is 0 Å². The maximum atomic E-state index is 4.80. The largest absolute Gasteiger partial charge is 0.309 e. The van der Waals surface area contributed by atoms with Gasteiger partial charge in [-0.1, -0.05) is 101 Å². The van der Waals surface area contributed by atoms with Gasteiger partial charge in [-0.2, -0.15) is 0 Å². The first-order valence-corrected chi connectivity index (χ1v) is 11.3. The first-order chi connectivity index (χ1) is 15.8. The SMILES string of the molecule is Brc1cccc(N=Cc2cc(-c3ccccc3)n(-c3ccccc3)c2-c2ccccc2)c1. The second kappa shape index (κ2) is 9.21. The van der Waals surface area contributed by atoms with Gasteiger partial charge in [0.1, 0.15) is 0 Å². The second-order valence-electron chi connectivity index (χ2n) is 7.47. The van der Waals surface area contributed by atoms with Gasteiger partial charge in [0.25, 0.3) is 0 Å². The molecule has 5 rings (SSSR count). The normalized spacial score (nSPS) is 11.2. The van der Waals surface area contributed by atoms with Crippen LogP contribution in [0.15, 0.2) is 131 Å². The smallest absolute Gasteiger partial charge is 0.0641 e. The Kier molecular flexibility index (Phi) is 5.82. The first-order valence-electron chi connectivity index (χ1n) is 10.5. The molecule has 0 bridgehead atoms. The second-order valence-corrected chi connectivity index (χ2v) is 8.39. The molecule has 0 saturated carbocycles. The third-order valence-electron chi connectivity index (χ3n) is 5.32. The molecule has 0 aliphatic heterocycles. The minimum Gasteiger partial charge on any atom is -0.309 e. The van der Waals surface area contributed by atoms with E-state index in [0.717, 1.165) is 43.9 Å². The van der Waals surface area contributed by atoms with E-state index < -0.39 is 0 Å². The molecule has 154 valence electrons. The van der Waals surface area contributed by atoms with Crippen molar-refractivity contribution in [1.82, 2.24) is 4.57 Å². The van der Waals surface area contributed by atoms with Crippen molar-refractivity contribution in [2.75, 3.05) is 0 Å². The van der Waals surface area contributed by atoms with E-state index in [0.29, 0.717) is 0 Å². The van der Waals surface area contributed by atoms with Crippen molar-refractivity contribution in [3.05, 3.63) is 131 Å². The lowest BCUT2D eigenvalue weighted by Gasteiger charge is -2.15. The fourth-order valence-corrected chi connectivity index (χ4v) is 4.27. The minimum absolute atomic E-state index is 0.909. The summed E-state index contributed by atoms with van der Waals surface area (Å²) in [5.41, 5.74) is 7.66. The molecule has 0 aliphatic rings. The van der Waals surface area contributed by atoms with Crippen LogP contribution < -0.4 is 0 Å². The maximum absolute atomic E-state index is 4.80. The number of rotatable bonds is 5. The Bertz CT molecular complexity index is 1350. The molecule has 0 saturated heterocycles. The Hall–Kier alpha value is -3.69. The molecular formula is C29H21BrN2. The maximum Gasteiger partial charge on any atom is 0.0641 e. The van der Waals surface area contributed by atoms with Gasteiger partial charge >= 0.3 is 0 Å². The van der Waals surface area contributed by atoms with Crippen molar-refractivity contribution in [3.8, 4) is 28.2 Å². The monoisotopic (exact) mass is 476 g/mol. The number of benzene rings is 4. The van der Waals surface area contributed by atoms with Crippen LogP contribution in [0.2, 0.25) is 0 Å². The molecule has 1 heterocycles. The van der Waals surface area contributed by atoms with Crippen LogP contribution in [0, 0.1) is 0 Å². The molecule has 3 heteroatoms. The number of hydrogen-bond acceptors (Lipinski definition) is 1. The molecular weight excluding hydrogens is 456 g/mol. The number of nitrogens with zero attached hydrogens (tertiary/aromatic N) is 2. The van der Waals surface area contributed by atoms with Crippen molar-refractivity contribution in [1.29, 1.82) is 0 Å². The number of hydrogen-bond donors (Lipinski definition) is 0. The van der Waals surface area contributed by atoms with Crippen molar-refractivity contribution >= 4 is 27.8 Å². The molecule has 0 atom stereocenters. The van der Waals surface area contributed by atoms with E-state index in [1.165, 1.54) is 0 Å². The molecule has 0 spiro atoms. The van der Waals surface area contributed by atoms with Gasteiger partial charge in [-0.15, -0.1) is 0 Å². The summed E-state index contributed by atoms with van der Waals surface area (Å²) < 4.78 is 3.34. The van der Waals surface area contributed by atoms with Crippen molar-refractivity contribution < 1.29 is 0 Å². The van der Waals surface area contributed by atoms with Gasteiger partial charge in [0.05, 0.1) is 17.1 Å². The van der Waals surface area contributed by atoms with Crippen molar-refractivity contribution in [3.63, 3.8) is 0 Å². The molecule has 5 aromatic rings. The van der Waals surface area contributed by atoms with Crippen molar-refractivity contribution in [2.45, 2.75) is 0 Å². The molecule has 32 heavy (non-hydrogen) atoms. The predicted molar refractivity (Wildman–Crippen MR) is 138 cm³/mol. The molecule has 4 aromatic carbocycles. The van der Waals surface area contributed by atoms with E-state index in [2.05, 4.69) is 99.4 Å². The predicted octanol–water partition coefficient (Wildman–Crippen LogP) is 8.32. The highest BCUT2D eigenvalue weighted by Crippen LogP contribution is 2.35. The van der Waals surface area contributed by atoms with Crippen LogP contribution in [0.25, 0.3) is 28.2 Å². The van der Waals surface area contributed by atoms with Crippen LogP contribution in [0.3, 0.4) is 0 Å². The summed E-state index contributed by atoms with van der Waals surface area (Å²) in [4.78, 5) is 4.80. The summed E-state index contributed by atoms with van der Waals surface area (Å²) >= 11 is 3.54. The van der Waals surface area contributed by atoms with E-state index >= 15 is 0 Å². The first kappa shape index (κ1) is 20.2. The summed E-state index contributed by atoms with van der Waals surface area (Å²) in [5.74, 6) is 0. The highest BCUT2D eigenvalue weighted by molar-refractivity contribution is 9.10. The van der Waals surface area contributed by atoms with E-state index in [-0.39, 0.29) is 0 Å². The van der Waals surface area contributed by atoms with Gasteiger partial charge < -0.3 is 4.57 Å². The number of halogens is 1. The van der Waals surface area contributed by atoms with E-state index in [1.54, 1.807) is 0 Å². The summed E-state index contributed by atoms with van der Waals surface area (Å²) in [5, 5.41) is 0. The topological polar surface area (TPSA) is 17.3 Å². The van der Waals surface area contributed by atoms with Gasteiger partial charge in [0, 0.05) is 21.9 Å². The number of aromatic nitrogens is 1. The van der Waals surface area contributed by atoms with Crippen molar-refractivity contribution in [2.24, 2.45) is 4.99 Å². The Morgan fingerprint density at radius 2 is 1.25 bits per heavy atom. The zero-order valence-electron chi connectivity index (χ0n) is 17.4. The molecule has 0 N–H and O–H groups in total. The molecule has 1 aromatic heterocycles. The molecule has 0 fully saturated rings. The summed E-state index contributed by atoms with van der Waals surface area (Å²) in [6.45, 7) is 0. The lowest BCUT2D eigenvalue weighted by molar-refractivity contribution is 1.09. The lowest BCUT2D eigenvalue weighted by Crippen LogP contribution is -2.00. The fourth-order valence-electron chi connectivity index (χ4n) is 3.89. The van der Waals surface area contributed by atoms with Crippen LogP contribution in [-0.4, -0.2) is 10.8 Å². The average molecular weight is 477 g/mol. The highest BCUT2D eigenvalue weighted by Gasteiger charge is 2.18. The van der Waals surface area contributed by atoms with E-state index in [4.69, 9.17) is 4.99 Å². The van der Waals surface area contributed by atoms with Gasteiger partial charge in [-0.3, -0.25) is 4.99 Å². The zero-order valence-corrected chi connectivity index (χ0v) is 19.0. The van der Waals surface area contributed by atoms with Crippen LogP contribution in [-0.2, 0) is 0 Å². The van der Waals surface area contributed by atoms with Crippen LogP contribution in [0.4, 0.5) is 5.69 Å². The zero-order chi connectivity index (χ0) is 21.8. The standard InChI is InChI=1S/C29H21BrN2/c30-25-15-10-16-26(20-25)31-21-24-19-28(22-11-4-1-5-12-22)32(27-17-8-3-9-18-27)29(24)23-13-6-2-7-14-23/h1-21H. The molecule has 2 nitrogen and oxygen atoms in total. The fraction of sp³-hybridized carbons (Fsp3) is 0. The summed E-state index contributed by atoms with van der Waals surface area (Å²) in [7, 11) is 0. The van der Waals surface area contributed by atoms with Crippen LogP contribution in [0.1, 0.15) is 5.56 Å². The molecule has 0 unspecified atom stereocenters. The van der Waals surface area contributed by atoms with Gasteiger partial charge in [-0.05, 0) is 47.5 Å². The molecule has 0 aliphatic carbocycles. The number of para-hydroxylation sites is 1. The Morgan fingerprint density at radius 1 is 0.625 bits per heavy atom. The number of aliphatic imine (C=N–C) groups is 1. The van der Waals surface area contributed by atoms with Gasteiger partial charge in [0.2, 0.25) is 0 Å². The highest BCUT2D eigenvalue weighted by atomic mass is 79.9. The third-order valence-corrected chi connectivity index (χ3v) is 5.82. The summed E-state index contributed by atoms with van der Waals surface area (Å²) in [6, 6.07) is 41.8. The third kappa shape index (κ3) is 4.20. The molecule has 0 radical (unpaired) electrons. The van der Waals surface area contributed by atoms with Crippen LogP contribution >= 0.6 is 15.9 Å². The Morgan fingerprint density at radius 3 is 1.91 bits per heavy atom.